The number of halogens is 1. The van der Waals surface area contributed by atoms with Gasteiger partial charge in [-0.2, -0.15) is 0 Å². The Morgan fingerprint density at radius 2 is 1.92 bits per heavy atom. The Bertz CT molecular complexity index is 386. The number of alkyl halides is 1. The number of nitrogens with zero attached hydrogens (tertiary/aromatic N) is 2. The summed E-state index contributed by atoms with van der Waals surface area (Å²) in [4.78, 5) is 0. The number of benzene rings is 1. The van der Waals surface area contributed by atoms with Gasteiger partial charge in [0.05, 0.1) is 5.33 Å². The summed E-state index contributed by atoms with van der Waals surface area (Å²) in [5.41, 5.74) is 1.13. The van der Waals surface area contributed by atoms with Gasteiger partial charge in [-0.15, -0.1) is 10.2 Å². The molecule has 0 bridgehead atoms. The molecule has 2 nitrogen and oxygen atoms in total. The summed E-state index contributed by atoms with van der Waals surface area (Å²) in [7, 11) is 0. The minimum atomic E-state index is 0.775. The average Bonchev–Trinajstić information content (AvgIpc) is 2.67. The second-order valence-corrected chi connectivity index (χ2v) is 4.12. The van der Waals surface area contributed by atoms with E-state index in [9.17, 15) is 0 Å². The van der Waals surface area contributed by atoms with Crippen LogP contribution in [0, 0.1) is 0 Å². The third-order valence-electron chi connectivity index (χ3n) is 1.60. The molecule has 0 aliphatic carbocycles. The zero-order chi connectivity index (χ0) is 9.10. The first-order chi connectivity index (χ1) is 6.40. The second-order valence-electron chi connectivity index (χ2n) is 2.50. The van der Waals surface area contributed by atoms with Gasteiger partial charge < -0.3 is 0 Å². The Hall–Kier alpha value is -0.740. The lowest BCUT2D eigenvalue weighted by molar-refractivity contribution is 1.05. The van der Waals surface area contributed by atoms with Crippen LogP contribution in [0.2, 0.25) is 0 Å². The van der Waals surface area contributed by atoms with Crippen LogP contribution in [0.25, 0.3) is 10.6 Å². The van der Waals surface area contributed by atoms with E-state index in [2.05, 4.69) is 26.1 Å². The maximum absolute atomic E-state index is 4.10. The maximum atomic E-state index is 4.10. The highest BCUT2D eigenvalue weighted by molar-refractivity contribution is 9.08. The SMILES string of the molecule is BrCc1nnc(-c2ccccc2)s1. The largest absolute Gasteiger partial charge is 0.147 e. The fourth-order valence-electron chi connectivity index (χ4n) is 1.00. The lowest BCUT2D eigenvalue weighted by Gasteiger charge is -1.91. The Balaban J connectivity index is 2.36. The van der Waals surface area contributed by atoms with Gasteiger partial charge in [-0.1, -0.05) is 57.6 Å². The van der Waals surface area contributed by atoms with Crippen LogP contribution in [0.1, 0.15) is 5.01 Å². The Kier molecular flexibility index (Phi) is 2.71. The van der Waals surface area contributed by atoms with Crippen molar-refractivity contribution in [2.45, 2.75) is 5.33 Å². The number of rotatable bonds is 2. The summed E-state index contributed by atoms with van der Waals surface area (Å²) in [5.74, 6) is 0. The molecule has 0 spiro atoms. The Morgan fingerprint density at radius 1 is 1.15 bits per heavy atom. The molecule has 0 aliphatic rings. The summed E-state index contributed by atoms with van der Waals surface area (Å²) >= 11 is 4.97. The molecule has 13 heavy (non-hydrogen) atoms. The second kappa shape index (κ2) is 3.98. The van der Waals surface area contributed by atoms with E-state index in [0.717, 1.165) is 20.9 Å². The van der Waals surface area contributed by atoms with Crippen LogP contribution in [-0.4, -0.2) is 10.2 Å². The van der Waals surface area contributed by atoms with Crippen molar-refractivity contribution in [3.05, 3.63) is 35.3 Å². The van der Waals surface area contributed by atoms with Gasteiger partial charge in [0.25, 0.3) is 0 Å². The molecule has 1 aromatic carbocycles. The molecule has 0 radical (unpaired) electrons. The van der Waals surface area contributed by atoms with E-state index < -0.39 is 0 Å². The maximum Gasteiger partial charge on any atom is 0.147 e. The quantitative estimate of drug-likeness (QED) is 0.770. The molecule has 2 aromatic rings. The normalized spacial score (nSPS) is 10.2. The number of hydrogen-bond donors (Lipinski definition) is 0. The van der Waals surface area contributed by atoms with Gasteiger partial charge >= 0.3 is 0 Å². The highest BCUT2D eigenvalue weighted by Gasteiger charge is 2.03. The molecule has 0 atom stereocenters. The van der Waals surface area contributed by atoms with Crippen molar-refractivity contribution in [3.8, 4) is 10.6 Å². The van der Waals surface area contributed by atoms with Crippen LogP contribution in [0.3, 0.4) is 0 Å². The van der Waals surface area contributed by atoms with E-state index in [1.165, 1.54) is 0 Å². The van der Waals surface area contributed by atoms with Gasteiger partial charge in [-0.05, 0) is 0 Å². The molecule has 1 aromatic heterocycles. The standard InChI is InChI=1S/C9H7BrN2S/c10-6-8-11-12-9(13-8)7-4-2-1-3-5-7/h1-5H,6H2. The highest BCUT2D eigenvalue weighted by Crippen LogP contribution is 2.23. The lowest BCUT2D eigenvalue weighted by atomic mass is 10.2. The molecule has 0 fully saturated rings. The average molecular weight is 255 g/mol. The third-order valence-corrected chi connectivity index (χ3v) is 3.48. The summed E-state index contributed by atoms with van der Waals surface area (Å²) in [6.07, 6.45) is 0. The smallest absolute Gasteiger partial charge is 0.142 e. The zero-order valence-corrected chi connectivity index (χ0v) is 9.18. The topological polar surface area (TPSA) is 25.8 Å². The minimum Gasteiger partial charge on any atom is -0.142 e. The van der Waals surface area contributed by atoms with Crippen molar-refractivity contribution in [1.82, 2.24) is 10.2 Å². The molecule has 0 unspecified atom stereocenters. The molecule has 66 valence electrons. The molecule has 0 N–H and O–H groups in total. The van der Waals surface area contributed by atoms with Crippen molar-refractivity contribution >= 4 is 27.3 Å². The van der Waals surface area contributed by atoms with Crippen molar-refractivity contribution < 1.29 is 0 Å². The third kappa shape index (κ3) is 1.95. The molecule has 2 rings (SSSR count). The van der Waals surface area contributed by atoms with Crippen molar-refractivity contribution in [2.75, 3.05) is 0 Å². The van der Waals surface area contributed by atoms with Crippen LogP contribution >= 0.6 is 27.3 Å². The molecule has 4 heteroatoms. The summed E-state index contributed by atoms with van der Waals surface area (Å²) in [6, 6.07) is 10.1. The van der Waals surface area contributed by atoms with Crippen molar-refractivity contribution in [1.29, 1.82) is 0 Å². The molecular formula is C9H7BrN2S. The predicted octanol–water partition coefficient (Wildman–Crippen LogP) is 3.10. The van der Waals surface area contributed by atoms with Gasteiger partial charge in [0.15, 0.2) is 0 Å². The molecule has 0 aliphatic heterocycles. The monoisotopic (exact) mass is 254 g/mol. The van der Waals surface area contributed by atoms with Crippen LogP contribution in [0.5, 0.6) is 0 Å². The number of aromatic nitrogens is 2. The van der Waals surface area contributed by atoms with Crippen molar-refractivity contribution in [3.63, 3.8) is 0 Å². The van der Waals surface area contributed by atoms with E-state index in [1.54, 1.807) is 11.3 Å². The fraction of sp³-hybridized carbons (Fsp3) is 0.111. The number of hydrogen-bond acceptors (Lipinski definition) is 3. The fourth-order valence-corrected chi connectivity index (χ4v) is 2.16. The Labute approximate surface area is 88.8 Å². The van der Waals surface area contributed by atoms with E-state index in [0.29, 0.717) is 0 Å². The van der Waals surface area contributed by atoms with Gasteiger partial charge in [0, 0.05) is 5.56 Å². The van der Waals surface area contributed by atoms with E-state index in [4.69, 9.17) is 0 Å². The van der Waals surface area contributed by atoms with Crippen LogP contribution in [0.4, 0.5) is 0 Å². The summed E-state index contributed by atoms with van der Waals surface area (Å²) in [5, 5.41) is 10.9. The minimum absolute atomic E-state index is 0.775. The molecule has 0 saturated heterocycles. The first kappa shape index (κ1) is 8.84. The van der Waals surface area contributed by atoms with E-state index >= 15 is 0 Å². The first-order valence-corrected chi connectivity index (χ1v) is 5.77. The highest BCUT2D eigenvalue weighted by atomic mass is 79.9. The molecular weight excluding hydrogens is 248 g/mol. The van der Waals surface area contributed by atoms with E-state index in [-0.39, 0.29) is 0 Å². The van der Waals surface area contributed by atoms with Gasteiger partial charge in [-0.3, -0.25) is 0 Å². The summed E-state index contributed by atoms with van der Waals surface area (Å²) in [6.45, 7) is 0. The van der Waals surface area contributed by atoms with Gasteiger partial charge in [-0.25, -0.2) is 0 Å². The van der Waals surface area contributed by atoms with E-state index in [1.807, 2.05) is 30.3 Å². The lowest BCUT2D eigenvalue weighted by Crippen LogP contribution is -1.75. The predicted molar refractivity (Wildman–Crippen MR) is 58.0 cm³/mol. The molecule has 1 heterocycles. The molecule has 0 saturated carbocycles. The van der Waals surface area contributed by atoms with Crippen molar-refractivity contribution in [2.24, 2.45) is 0 Å². The zero-order valence-electron chi connectivity index (χ0n) is 6.77. The van der Waals surface area contributed by atoms with Gasteiger partial charge in [0.2, 0.25) is 0 Å². The van der Waals surface area contributed by atoms with Crippen LogP contribution < -0.4 is 0 Å². The Morgan fingerprint density at radius 3 is 2.54 bits per heavy atom. The van der Waals surface area contributed by atoms with Crippen LogP contribution in [0.15, 0.2) is 30.3 Å². The summed E-state index contributed by atoms with van der Waals surface area (Å²) < 4.78 is 0. The van der Waals surface area contributed by atoms with Gasteiger partial charge in [0.1, 0.15) is 10.0 Å². The molecule has 0 amide bonds. The van der Waals surface area contributed by atoms with Crippen LogP contribution in [-0.2, 0) is 5.33 Å². The first-order valence-electron chi connectivity index (χ1n) is 3.84.